The van der Waals surface area contributed by atoms with Gasteiger partial charge in [0.05, 0.1) is 5.69 Å². The maximum atomic E-state index is 4.52. The molecular formula is C10H18N2. The standard InChI is InChI=1S/C10H18N2/c1-5-9-7-10(8(3)4)11-12(9)6-2/h7-8H,5-6H2,1-4H3. The van der Waals surface area contributed by atoms with Gasteiger partial charge in [-0.15, -0.1) is 0 Å². The van der Waals surface area contributed by atoms with Gasteiger partial charge in [-0.2, -0.15) is 5.10 Å². The molecule has 0 spiro atoms. The molecule has 0 amide bonds. The Balaban J connectivity index is 2.97. The second-order valence-electron chi connectivity index (χ2n) is 3.38. The number of nitrogens with zero attached hydrogens (tertiary/aromatic N) is 2. The highest BCUT2D eigenvalue weighted by molar-refractivity contribution is 5.13. The fourth-order valence-corrected chi connectivity index (χ4v) is 1.32. The molecule has 0 bridgehead atoms. The van der Waals surface area contributed by atoms with Gasteiger partial charge in [-0.25, -0.2) is 0 Å². The van der Waals surface area contributed by atoms with Crippen LogP contribution in [0.15, 0.2) is 6.07 Å². The lowest BCUT2D eigenvalue weighted by Gasteiger charge is -1.99. The maximum absolute atomic E-state index is 4.52. The average molecular weight is 166 g/mol. The lowest BCUT2D eigenvalue weighted by molar-refractivity contribution is 0.609. The minimum absolute atomic E-state index is 0.545. The zero-order valence-electron chi connectivity index (χ0n) is 8.46. The van der Waals surface area contributed by atoms with E-state index in [9.17, 15) is 0 Å². The van der Waals surface area contributed by atoms with Crippen molar-refractivity contribution in [2.75, 3.05) is 0 Å². The summed E-state index contributed by atoms with van der Waals surface area (Å²) in [6.45, 7) is 9.66. The molecule has 0 atom stereocenters. The van der Waals surface area contributed by atoms with Crippen molar-refractivity contribution in [2.45, 2.75) is 46.6 Å². The van der Waals surface area contributed by atoms with Crippen molar-refractivity contribution in [1.82, 2.24) is 9.78 Å². The zero-order chi connectivity index (χ0) is 9.14. The molecule has 0 aliphatic carbocycles. The van der Waals surface area contributed by atoms with E-state index in [1.165, 1.54) is 11.4 Å². The smallest absolute Gasteiger partial charge is 0.0652 e. The summed E-state index contributed by atoms with van der Waals surface area (Å²) in [5, 5.41) is 4.52. The first-order chi connectivity index (χ1) is 5.69. The van der Waals surface area contributed by atoms with E-state index in [2.05, 4.69) is 43.5 Å². The van der Waals surface area contributed by atoms with Crippen LogP contribution in [0.25, 0.3) is 0 Å². The van der Waals surface area contributed by atoms with E-state index in [0.717, 1.165) is 13.0 Å². The first kappa shape index (κ1) is 9.30. The van der Waals surface area contributed by atoms with Gasteiger partial charge in [0, 0.05) is 12.2 Å². The Morgan fingerprint density at radius 3 is 2.42 bits per heavy atom. The van der Waals surface area contributed by atoms with Crippen LogP contribution < -0.4 is 0 Å². The summed E-state index contributed by atoms with van der Waals surface area (Å²) in [6, 6.07) is 2.22. The summed E-state index contributed by atoms with van der Waals surface area (Å²) in [4.78, 5) is 0. The van der Waals surface area contributed by atoms with Gasteiger partial charge in [0.2, 0.25) is 0 Å². The van der Waals surface area contributed by atoms with Gasteiger partial charge in [0.1, 0.15) is 0 Å². The fourth-order valence-electron chi connectivity index (χ4n) is 1.32. The molecule has 0 aliphatic heterocycles. The van der Waals surface area contributed by atoms with Crippen LogP contribution in [0.1, 0.15) is 45.0 Å². The molecule has 1 aromatic heterocycles. The Morgan fingerprint density at radius 1 is 1.42 bits per heavy atom. The van der Waals surface area contributed by atoms with Crippen molar-refractivity contribution >= 4 is 0 Å². The Hall–Kier alpha value is -0.790. The largest absolute Gasteiger partial charge is 0.270 e. The van der Waals surface area contributed by atoms with Crippen molar-refractivity contribution in [3.63, 3.8) is 0 Å². The van der Waals surface area contributed by atoms with E-state index in [1.807, 2.05) is 0 Å². The van der Waals surface area contributed by atoms with Crippen LogP contribution in [-0.4, -0.2) is 9.78 Å². The average Bonchev–Trinajstić information content (AvgIpc) is 2.46. The highest BCUT2D eigenvalue weighted by atomic mass is 15.3. The van der Waals surface area contributed by atoms with Crippen LogP contribution in [0.3, 0.4) is 0 Å². The molecule has 0 N–H and O–H groups in total. The summed E-state index contributed by atoms with van der Waals surface area (Å²) < 4.78 is 2.09. The Labute approximate surface area is 74.6 Å². The molecule has 0 fully saturated rings. The second-order valence-corrected chi connectivity index (χ2v) is 3.38. The van der Waals surface area contributed by atoms with E-state index >= 15 is 0 Å². The summed E-state index contributed by atoms with van der Waals surface area (Å²) in [5.74, 6) is 0.545. The summed E-state index contributed by atoms with van der Waals surface area (Å²) >= 11 is 0. The van der Waals surface area contributed by atoms with E-state index in [-0.39, 0.29) is 0 Å². The normalized spacial score (nSPS) is 11.1. The number of hydrogen-bond donors (Lipinski definition) is 0. The molecular weight excluding hydrogens is 148 g/mol. The van der Waals surface area contributed by atoms with Crippen molar-refractivity contribution in [3.8, 4) is 0 Å². The van der Waals surface area contributed by atoms with Gasteiger partial charge in [-0.3, -0.25) is 4.68 Å². The molecule has 1 aromatic rings. The SMILES string of the molecule is CCc1cc(C(C)C)nn1CC. The first-order valence-electron chi connectivity index (χ1n) is 4.75. The molecule has 2 nitrogen and oxygen atoms in total. The predicted octanol–water partition coefficient (Wildman–Crippen LogP) is 2.59. The van der Waals surface area contributed by atoms with Crippen molar-refractivity contribution in [3.05, 3.63) is 17.5 Å². The highest BCUT2D eigenvalue weighted by Crippen LogP contribution is 2.14. The minimum atomic E-state index is 0.545. The molecule has 0 saturated heterocycles. The quantitative estimate of drug-likeness (QED) is 0.675. The lowest BCUT2D eigenvalue weighted by atomic mass is 10.1. The monoisotopic (exact) mass is 166 g/mol. The highest BCUT2D eigenvalue weighted by Gasteiger charge is 2.07. The lowest BCUT2D eigenvalue weighted by Crippen LogP contribution is -2.01. The van der Waals surface area contributed by atoms with Crippen molar-refractivity contribution in [1.29, 1.82) is 0 Å². The predicted molar refractivity (Wildman–Crippen MR) is 51.4 cm³/mol. The Kier molecular flexibility index (Phi) is 2.90. The Morgan fingerprint density at radius 2 is 2.08 bits per heavy atom. The van der Waals surface area contributed by atoms with Gasteiger partial charge in [0.15, 0.2) is 0 Å². The van der Waals surface area contributed by atoms with E-state index in [1.54, 1.807) is 0 Å². The zero-order valence-corrected chi connectivity index (χ0v) is 8.46. The molecule has 0 radical (unpaired) electrons. The molecule has 68 valence electrons. The molecule has 0 aromatic carbocycles. The van der Waals surface area contributed by atoms with Crippen LogP contribution >= 0.6 is 0 Å². The topological polar surface area (TPSA) is 17.8 Å². The molecule has 2 heteroatoms. The van der Waals surface area contributed by atoms with E-state index in [0.29, 0.717) is 5.92 Å². The minimum Gasteiger partial charge on any atom is -0.270 e. The van der Waals surface area contributed by atoms with Gasteiger partial charge < -0.3 is 0 Å². The number of rotatable bonds is 3. The molecule has 0 saturated carbocycles. The molecule has 0 aliphatic rings. The first-order valence-corrected chi connectivity index (χ1v) is 4.75. The summed E-state index contributed by atoms with van der Waals surface area (Å²) in [7, 11) is 0. The maximum Gasteiger partial charge on any atom is 0.0652 e. The van der Waals surface area contributed by atoms with Gasteiger partial charge in [-0.1, -0.05) is 20.8 Å². The van der Waals surface area contributed by atoms with Crippen molar-refractivity contribution < 1.29 is 0 Å². The summed E-state index contributed by atoms with van der Waals surface area (Å²) in [5.41, 5.74) is 2.56. The molecule has 12 heavy (non-hydrogen) atoms. The summed E-state index contributed by atoms with van der Waals surface area (Å²) in [6.07, 6.45) is 1.08. The third-order valence-electron chi connectivity index (χ3n) is 2.14. The van der Waals surface area contributed by atoms with Crippen LogP contribution in [0.4, 0.5) is 0 Å². The number of aromatic nitrogens is 2. The number of aryl methyl sites for hydroxylation is 2. The number of hydrogen-bond acceptors (Lipinski definition) is 1. The van der Waals surface area contributed by atoms with E-state index in [4.69, 9.17) is 0 Å². The fraction of sp³-hybridized carbons (Fsp3) is 0.700. The van der Waals surface area contributed by atoms with Crippen LogP contribution in [0, 0.1) is 0 Å². The van der Waals surface area contributed by atoms with Gasteiger partial charge in [0.25, 0.3) is 0 Å². The molecule has 1 rings (SSSR count). The molecule has 1 heterocycles. The van der Waals surface area contributed by atoms with Crippen LogP contribution in [0.2, 0.25) is 0 Å². The van der Waals surface area contributed by atoms with Gasteiger partial charge in [-0.05, 0) is 25.3 Å². The van der Waals surface area contributed by atoms with Crippen LogP contribution in [-0.2, 0) is 13.0 Å². The van der Waals surface area contributed by atoms with Crippen LogP contribution in [0.5, 0.6) is 0 Å². The third kappa shape index (κ3) is 1.68. The molecule has 0 unspecified atom stereocenters. The second kappa shape index (κ2) is 3.74. The van der Waals surface area contributed by atoms with Crippen molar-refractivity contribution in [2.24, 2.45) is 0 Å². The van der Waals surface area contributed by atoms with Gasteiger partial charge >= 0.3 is 0 Å². The van der Waals surface area contributed by atoms with E-state index < -0.39 is 0 Å². The third-order valence-corrected chi connectivity index (χ3v) is 2.14. The Bertz CT molecular complexity index is 227.